The van der Waals surface area contributed by atoms with Crippen LogP contribution in [-0.4, -0.2) is 20.2 Å². The summed E-state index contributed by atoms with van der Waals surface area (Å²) in [5.41, 5.74) is 1.42. The summed E-state index contributed by atoms with van der Waals surface area (Å²) in [5.74, 6) is -0.0397. The van der Waals surface area contributed by atoms with Crippen LogP contribution in [0, 0.1) is 13.8 Å². The highest BCUT2D eigenvalue weighted by molar-refractivity contribution is 6.17. The van der Waals surface area contributed by atoms with E-state index in [1.165, 1.54) is 0 Å². The maximum Gasteiger partial charge on any atom is 0.227 e. The van der Waals surface area contributed by atoms with E-state index < -0.39 is 34.4 Å². The van der Waals surface area contributed by atoms with Crippen LogP contribution in [0.1, 0.15) is 57.6 Å². The van der Waals surface area contributed by atoms with Gasteiger partial charge in [0.25, 0.3) is 0 Å². The molecule has 0 bridgehead atoms. The highest BCUT2D eigenvalue weighted by atomic mass is 35.5. The summed E-state index contributed by atoms with van der Waals surface area (Å²) in [6.07, 6.45) is 0. The van der Waals surface area contributed by atoms with Crippen molar-refractivity contribution >= 4 is 34.8 Å². The van der Waals surface area contributed by atoms with E-state index in [9.17, 15) is 19.8 Å². The molecule has 1 aromatic carbocycles. The number of aromatic hydroxyl groups is 2. The molecule has 226 valence electrons. The number of aryl methyl sites for hydroxylation is 2. The monoisotopic (exact) mass is 634 g/mol. The average molecular weight is 636 g/mol. The van der Waals surface area contributed by atoms with Gasteiger partial charge in [-0.05, 0) is 49.2 Å². The van der Waals surface area contributed by atoms with E-state index in [2.05, 4.69) is 20.6 Å². The second-order valence-electron chi connectivity index (χ2n) is 10.00. The summed E-state index contributed by atoms with van der Waals surface area (Å²) >= 11 is 11.9. The van der Waals surface area contributed by atoms with Crippen molar-refractivity contribution in [3.63, 3.8) is 0 Å². The normalized spacial score (nSPS) is 12.5. The number of hydrogen-bond acceptors (Lipinski definition) is 10. The first kappa shape index (κ1) is 30.7. The molecule has 0 aliphatic heterocycles. The van der Waals surface area contributed by atoms with Crippen LogP contribution in [-0.2, 0) is 11.8 Å². The molecule has 2 atom stereocenters. The molecule has 4 N–H and O–H groups in total. The first-order valence-electron chi connectivity index (χ1n) is 13.5. The number of nitrogens with zero attached hydrogens (tertiary/aromatic N) is 2. The molecule has 2 unspecified atom stereocenters. The maximum absolute atomic E-state index is 12.6. The fourth-order valence-corrected chi connectivity index (χ4v) is 4.92. The predicted octanol–water partition coefficient (Wildman–Crippen LogP) is 6.29. The zero-order valence-electron chi connectivity index (χ0n) is 23.7. The molecule has 4 aromatic heterocycles. The van der Waals surface area contributed by atoms with Gasteiger partial charge < -0.3 is 29.7 Å². The number of hydrogen-bond donors (Lipinski definition) is 4. The van der Waals surface area contributed by atoms with E-state index in [1.807, 2.05) is 38.1 Å². The number of rotatable bonds is 10. The summed E-state index contributed by atoms with van der Waals surface area (Å²) in [6.45, 7) is 3.67. The van der Waals surface area contributed by atoms with Crippen LogP contribution in [0.2, 0.25) is 0 Å². The summed E-state index contributed by atoms with van der Waals surface area (Å²) < 4.78 is 11.7. The molecule has 0 fully saturated rings. The third-order valence-electron chi connectivity index (χ3n) is 6.75. The van der Waals surface area contributed by atoms with Crippen LogP contribution in [0.5, 0.6) is 11.5 Å². The standard InChI is InChI=1S/C32H28Cl2N4O6/c1-17-5-3-7-25(35-17)37-27(31-29(41)23(39)13-21(15-33)43-31)19-9-11-20(12-10-19)28(38-26-8-4-6-18(2)36-26)32-30(42)24(40)14-22(16-34)44-32/h3-14,27-28,41-42H,15-16H2,1-2H3,(H,35,37)(H,36,38). The van der Waals surface area contributed by atoms with Crippen molar-refractivity contribution in [2.75, 3.05) is 10.6 Å². The quantitative estimate of drug-likeness (QED) is 0.129. The van der Waals surface area contributed by atoms with Crippen molar-refractivity contribution in [2.24, 2.45) is 0 Å². The zero-order valence-corrected chi connectivity index (χ0v) is 25.2. The van der Waals surface area contributed by atoms with Crippen molar-refractivity contribution in [1.82, 2.24) is 9.97 Å². The number of anilines is 2. The molecule has 0 saturated carbocycles. The molecule has 10 nitrogen and oxygen atoms in total. The second kappa shape index (κ2) is 13.2. The number of alkyl halides is 2. The van der Waals surface area contributed by atoms with Crippen molar-refractivity contribution in [3.05, 3.63) is 139 Å². The van der Waals surface area contributed by atoms with Gasteiger partial charge >= 0.3 is 0 Å². The Kier molecular flexibility index (Phi) is 9.22. The lowest BCUT2D eigenvalue weighted by Gasteiger charge is -2.23. The lowest BCUT2D eigenvalue weighted by atomic mass is 9.97. The minimum absolute atomic E-state index is 0.0405. The van der Waals surface area contributed by atoms with Crippen LogP contribution in [0.25, 0.3) is 0 Å². The predicted molar refractivity (Wildman–Crippen MR) is 168 cm³/mol. The Morgan fingerprint density at radius 1 is 0.682 bits per heavy atom. The van der Waals surface area contributed by atoms with E-state index in [0.29, 0.717) is 22.8 Å². The third kappa shape index (κ3) is 6.72. The Hall–Kier alpha value is -4.80. The SMILES string of the molecule is Cc1cccc(NC(c2ccc(C(Nc3cccc(C)n3)c3oc(CCl)cc(=O)c3O)cc2)c2oc(CCl)cc(=O)c2O)n1. The number of halogens is 2. The van der Waals surface area contributed by atoms with Gasteiger partial charge in [0.05, 0.1) is 11.8 Å². The van der Waals surface area contributed by atoms with E-state index in [1.54, 1.807) is 36.4 Å². The minimum Gasteiger partial charge on any atom is -0.502 e. The topological polar surface area (TPSA) is 151 Å². The molecule has 5 rings (SSSR count). The van der Waals surface area contributed by atoms with Crippen molar-refractivity contribution < 1.29 is 19.0 Å². The Bertz CT molecular complexity index is 1770. The molecule has 44 heavy (non-hydrogen) atoms. The summed E-state index contributed by atoms with van der Waals surface area (Å²) in [5, 5.41) is 28.0. The van der Waals surface area contributed by atoms with Crippen molar-refractivity contribution in [3.8, 4) is 11.5 Å². The molecule has 12 heteroatoms. The van der Waals surface area contributed by atoms with Gasteiger partial charge in [-0.15, -0.1) is 23.2 Å². The fourth-order valence-electron chi connectivity index (χ4n) is 4.66. The van der Waals surface area contributed by atoms with Crippen LogP contribution in [0.15, 0.2) is 91.2 Å². The van der Waals surface area contributed by atoms with Gasteiger partial charge in [-0.1, -0.05) is 36.4 Å². The van der Waals surface area contributed by atoms with Crippen molar-refractivity contribution in [1.29, 1.82) is 0 Å². The van der Waals surface area contributed by atoms with E-state index in [4.69, 9.17) is 32.0 Å². The van der Waals surface area contributed by atoms with Crippen LogP contribution in [0.4, 0.5) is 11.6 Å². The largest absolute Gasteiger partial charge is 0.502 e. The fraction of sp³-hybridized carbons (Fsp3) is 0.188. The molecule has 0 saturated heterocycles. The van der Waals surface area contributed by atoms with E-state index in [-0.39, 0.29) is 34.8 Å². The lowest BCUT2D eigenvalue weighted by Crippen LogP contribution is -2.18. The van der Waals surface area contributed by atoms with Crippen LogP contribution < -0.4 is 21.5 Å². The number of benzene rings is 1. The maximum atomic E-state index is 12.6. The average Bonchev–Trinajstić information content (AvgIpc) is 3.02. The molecule has 0 aliphatic rings. The van der Waals surface area contributed by atoms with E-state index in [0.717, 1.165) is 23.5 Å². The molecule has 0 amide bonds. The Morgan fingerprint density at radius 3 is 1.41 bits per heavy atom. The zero-order chi connectivity index (χ0) is 31.4. The van der Waals surface area contributed by atoms with Gasteiger partial charge in [-0.25, -0.2) is 9.97 Å². The Labute approximate surface area is 262 Å². The molecular formula is C32H28Cl2N4O6. The Balaban J connectivity index is 1.62. The second-order valence-corrected chi connectivity index (χ2v) is 10.5. The van der Waals surface area contributed by atoms with Crippen LogP contribution >= 0.6 is 23.2 Å². The van der Waals surface area contributed by atoms with Gasteiger partial charge in [0, 0.05) is 23.5 Å². The molecule has 0 aliphatic carbocycles. The van der Waals surface area contributed by atoms with Gasteiger partial charge in [-0.3, -0.25) is 9.59 Å². The highest BCUT2D eigenvalue weighted by Crippen LogP contribution is 2.35. The van der Waals surface area contributed by atoms with Gasteiger partial charge in [0.15, 0.2) is 11.5 Å². The van der Waals surface area contributed by atoms with Crippen LogP contribution in [0.3, 0.4) is 0 Å². The highest BCUT2D eigenvalue weighted by Gasteiger charge is 2.27. The van der Waals surface area contributed by atoms with Crippen molar-refractivity contribution in [2.45, 2.75) is 37.7 Å². The van der Waals surface area contributed by atoms with Gasteiger partial charge in [0.2, 0.25) is 22.4 Å². The third-order valence-corrected chi connectivity index (χ3v) is 7.28. The number of nitrogens with one attached hydrogen (secondary N) is 2. The first-order valence-corrected chi connectivity index (χ1v) is 14.6. The molecule has 5 aromatic rings. The minimum atomic E-state index is -0.857. The summed E-state index contributed by atoms with van der Waals surface area (Å²) in [4.78, 5) is 34.1. The van der Waals surface area contributed by atoms with Gasteiger partial charge in [0.1, 0.15) is 35.2 Å². The smallest absolute Gasteiger partial charge is 0.227 e. The van der Waals surface area contributed by atoms with Gasteiger partial charge in [-0.2, -0.15) is 0 Å². The molecule has 0 spiro atoms. The molecule has 0 radical (unpaired) electrons. The molecular weight excluding hydrogens is 607 g/mol. The Morgan fingerprint density at radius 2 is 1.07 bits per heavy atom. The summed E-state index contributed by atoms with van der Waals surface area (Å²) in [6, 6.07) is 18.4. The number of aromatic nitrogens is 2. The first-order chi connectivity index (χ1) is 21.2. The lowest BCUT2D eigenvalue weighted by molar-refractivity contribution is 0.380. The van der Waals surface area contributed by atoms with E-state index >= 15 is 0 Å². The number of pyridine rings is 2. The molecule has 4 heterocycles. The summed E-state index contributed by atoms with van der Waals surface area (Å²) in [7, 11) is 0.